The average Bonchev–Trinajstić information content (AvgIpc) is 2.33. The minimum absolute atomic E-state index is 0.0143. The molecule has 0 saturated carbocycles. The molecule has 3 amide bonds. The molecule has 0 saturated heterocycles. The number of aliphatic carboxylic acids is 1. The van der Waals surface area contributed by atoms with Crippen LogP contribution in [-0.2, 0) is 14.3 Å². The molecule has 3 N–H and O–H groups in total. The first kappa shape index (κ1) is 18.4. The lowest BCUT2D eigenvalue weighted by Gasteiger charge is -2.13. The number of carbonyl (C=O) groups excluding carboxylic acids is 2. The summed E-state index contributed by atoms with van der Waals surface area (Å²) in [4.78, 5) is 32.8. The molecule has 0 rings (SSSR count). The number of imide groups is 1. The van der Waals surface area contributed by atoms with E-state index in [4.69, 9.17) is 5.11 Å². The van der Waals surface area contributed by atoms with E-state index in [0.717, 1.165) is 25.7 Å². The summed E-state index contributed by atoms with van der Waals surface area (Å²) < 4.78 is 4.56. The number of amides is 3. The van der Waals surface area contributed by atoms with Gasteiger partial charge in [-0.2, -0.15) is 0 Å². The molecule has 0 radical (unpaired) electrons. The molecule has 0 bridgehead atoms. The summed E-state index contributed by atoms with van der Waals surface area (Å²) in [7, 11) is 0. The summed E-state index contributed by atoms with van der Waals surface area (Å²) in [5, 5.41) is 13.0. The molecule has 0 spiro atoms. The predicted molar refractivity (Wildman–Crippen MR) is 73.4 cm³/mol. The maximum atomic E-state index is 11.4. The van der Waals surface area contributed by atoms with E-state index in [0.29, 0.717) is 0 Å². The van der Waals surface area contributed by atoms with Crippen molar-refractivity contribution in [2.75, 3.05) is 13.2 Å². The molecule has 1 unspecified atom stereocenters. The molecular formula is C13H24N2O5. The highest BCUT2D eigenvalue weighted by atomic mass is 16.5. The van der Waals surface area contributed by atoms with Gasteiger partial charge in [0.15, 0.2) is 0 Å². The highest BCUT2D eigenvalue weighted by molar-refractivity contribution is 5.95. The van der Waals surface area contributed by atoms with Gasteiger partial charge in [-0.25, -0.2) is 9.59 Å². The van der Waals surface area contributed by atoms with Gasteiger partial charge in [-0.3, -0.25) is 10.1 Å². The number of ether oxygens (including phenoxy) is 1. The van der Waals surface area contributed by atoms with Crippen molar-refractivity contribution in [1.82, 2.24) is 10.6 Å². The van der Waals surface area contributed by atoms with E-state index < -0.39 is 31.1 Å². The van der Waals surface area contributed by atoms with E-state index in [1.165, 1.54) is 6.42 Å². The third kappa shape index (κ3) is 11.5. The maximum Gasteiger partial charge on any atom is 0.329 e. The van der Waals surface area contributed by atoms with E-state index in [-0.39, 0.29) is 6.04 Å². The second-order valence-electron chi connectivity index (χ2n) is 4.66. The standard InChI is InChI=1S/C13H24N2O5/c1-3-4-5-6-7-10(2)14-13(19)15-11(16)8-20-9-12(17)18/h10H,3-9H2,1-2H3,(H,17,18)(H2,14,15,16,19). The molecule has 1 atom stereocenters. The van der Waals surface area contributed by atoms with Crippen LogP contribution in [0.1, 0.15) is 46.0 Å². The van der Waals surface area contributed by atoms with Crippen molar-refractivity contribution in [2.45, 2.75) is 52.0 Å². The summed E-state index contributed by atoms with van der Waals surface area (Å²) in [6.45, 7) is 2.98. The normalized spacial score (nSPS) is 11.7. The smallest absolute Gasteiger partial charge is 0.329 e. The van der Waals surface area contributed by atoms with Gasteiger partial charge in [0, 0.05) is 6.04 Å². The number of hydrogen-bond donors (Lipinski definition) is 3. The van der Waals surface area contributed by atoms with Crippen LogP contribution in [0, 0.1) is 0 Å². The summed E-state index contributed by atoms with van der Waals surface area (Å²) >= 11 is 0. The zero-order valence-electron chi connectivity index (χ0n) is 12.1. The largest absolute Gasteiger partial charge is 0.480 e. The van der Waals surface area contributed by atoms with Crippen LogP contribution in [0.5, 0.6) is 0 Å². The Bertz CT molecular complexity index is 320. The van der Waals surface area contributed by atoms with Crippen LogP contribution in [0.3, 0.4) is 0 Å². The Labute approximate surface area is 119 Å². The Morgan fingerprint density at radius 3 is 2.45 bits per heavy atom. The van der Waals surface area contributed by atoms with E-state index in [1.807, 2.05) is 6.92 Å². The topological polar surface area (TPSA) is 105 Å². The van der Waals surface area contributed by atoms with Crippen LogP contribution in [0.2, 0.25) is 0 Å². The number of carboxylic acids is 1. The molecule has 0 aliphatic heterocycles. The van der Waals surface area contributed by atoms with Gasteiger partial charge in [0.05, 0.1) is 0 Å². The van der Waals surface area contributed by atoms with Crippen LogP contribution in [-0.4, -0.2) is 42.3 Å². The van der Waals surface area contributed by atoms with Gasteiger partial charge in [-0.1, -0.05) is 32.6 Å². The van der Waals surface area contributed by atoms with Gasteiger partial charge in [0.25, 0.3) is 5.91 Å². The quantitative estimate of drug-likeness (QED) is 0.525. The van der Waals surface area contributed by atoms with Gasteiger partial charge in [-0.15, -0.1) is 0 Å². The van der Waals surface area contributed by atoms with Crippen molar-refractivity contribution in [2.24, 2.45) is 0 Å². The summed E-state index contributed by atoms with van der Waals surface area (Å²) in [5.41, 5.74) is 0. The van der Waals surface area contributed by atoms with Crippen LogP contribution in [0.25, 0.3) is 0 Å². The molecule has 0 aliphatic carbocycles. The lowest BCUT2D eigenvalue weighted by atomic mass is 10.1. The van der Waals surface area contributed by atoms with E-state index >= 15 is 0 Å². The van der Waals surface area contributed by atoms with Crippen molar-refractivity contribution in [3.05, 3.63) is 0 Å². The fourth-order valence-corrected chi connectivity index (χ4v) is 1.60. The second-order valence-corrected chi connectivity index (χ2v) is 4.66. The maximum absolute atomic E-state index is 11.4. The Morgan fingerprint density at radius 1 is 1.15 bits per heavy atom. The minimum atomic E-state index is -1.16. The highest BCUT2D eigenvalue weighted by Crippen LogP contribution is 2.04. The molecule has 0 aromatic heterocycles. The zero-order chi connectivity index (χ0) is 15.4. The number of rotatable bonds is 10. The number of hydrogen-bond acceptors (Lipinski definition) is 4. The van der Waals surface area contributed by atoms with Crippen LogP contribution >= 0.6 is 0 Å². The zero-order valence-corrected chi connectivity index (χ0v) is 12.1. The first-order chi connectivity index (χ1) is 9.45. The average molecular weight is 288 g/mol. The Morgan fingerprint density at radius 2 is 1.85 bits per heavy atom. The molecule has 0 aromatic rings. The summed E-state index contributed by atoms with van der Waals surface area (Å²) in [6.07, 6.45) is 5.36. The monoisotopic (exact) mass is 288 g/mol. The van der Waals surface area contributed by atoms with Gasteiger partial charge < -0.3 is 15.2 Å². The van der Waals surface area contributed by atoms with Crippen molar-refractivity contribution in [3.8, 4) is 0 Å². The molecule has 0 aliphatic rings. The summed E-state index contributed by atoms with van der Waals surface area (Å²) in [5.74, 6) is -1.83. The Hall–Kier alpha value is -1.63. The fourth-order valence-electron chi connectivity index (χ4n) is 1.60. The molecular weight excluding hydrogens is 264 g/mol. The molecule has 20 heavy (non-hydrogen) atoms. The molecule has 7 heteroatoms. The number of urea groups is 1. The van der Waals surface area contributed by atoms with Crippen LogP contribution in [0.4, 0.5) is 4.79 Å². The van der Waals surface area contributed by atoms with Gasteiger partial charge in [0.1, 0.15) is 13.2 Å². The molecule has 0 fully saturated rings. The lowest BCUT2D eigenvalue weighted by Crippen LogP contribution is -2.44. The third-order valence-corrected chi connectivity index (χ3v) is 2.58. The molecule has 7 nitrogen and oxygen atoms in total. The summed E-state index contributed by atoms with van der Waals surface area (Å²) in [6, 6.07) is -0.600. The number of unbranched alkanes of at least 4 members (excludes halogenated alkanes) is 3. The molecule has 116 valence electrons. The number of carboxylic acid groups (broad SMARTS) is 1. The lowest BCUT2D eigenvalue weighted by molar-refractivity contribution is -0.143. The van der Waals surface area contributed by atoms with Crippen LogP contribution < -0.4 is 10.6 Å². The van der Waals surface area contributed by atoms with Crippen molar-refractivity contribution in [1.29, 1.82) is 0 Å². The van der Waals surface area contributed by atoms with Crippen LogP contribution in [0.15, 0.2) is 0 Å². The van der Waals surface area contributed by atoms with E-state index in [1.54, 1.807) is 0 Å². The van der Waals surface area contributed by atoms with Crippen molar-refractivity contribution in [3.63, 3.8) is 0 Å². The Kier molecular flexibility index (Phi) is 10.3. The number of nitrogens with one attached hydrogen (secondary N) is 2. The number of carbonyl (C=O) groups is 3. The SMILES string of the molecule is CCCCCCC(C)NC(=O)NC(=O)COCC(=O)O. The highest BCUT2D eigenvalue weighted by Gasteiger charge is 2.11. The van der Waals surface area contributed by atoms with Gasteiger partial charge >= 0.3 is 12.0 Å². The third-order valence-electron chi connectivity index (χ3n) is 2.58. The fraction of sp³-hybridized carbons (Fsp3) is 0.769. The van der Waals surface area contributed by atoms with Crippen molar-refractivity contribution < 1.29 is 24.2 Å². The first-order valence-corrected chi connectivity index (χ1v) is 6.85. The second kappa shape index (κ2) is 11.2. The predicted octanol–water partition coefficient (Wildman–Crippen LogP) is 1.27. The van der Waals surface area contributed by atoms with Crippen molar-refractivity contribution >= 4 is 17.9 Å². The molecule has 0 heterocycles. The molecule has 0 aromatic carbocycles. The van der Waals surface area contributed by atoms with E-state index in [2.05, 4.69) is 22.3 Å². The minimum Gasteiger partial charge on any atom is -0.480 e. The van der Waals surface area contributed by atoms with E-state index in [9.17, 15) is 14.4 Å². The van der Waals surface area contributed by atoms with Gasteiger partial charge in [-0.05, 0) is 13.3 Å². The first-order valence-electron chi connectivity index (χ1n) is 6.85. The Balaban J connectivity index is 3.69. The van der Waals surface area contributed by atoms with Gasteiger partial charge in [0.2, 0.25) is 0 Å².